The third-order valence-electron chi connectivity index (χ3n) is 7.17. The quantitative estimate of drug-likeness (QED) is 0.552. The fourth-order valence-electron chi connectivity index (χ4n) is 4.31. The standard InChI is InChI=1S/C23H38OSi2/c1-10-26(11-2,19-14-12-13-15-19)21-17-18(3)16-20(22(21)24-7)25(8,9)23(4,5)6/h12-17,19H,10-11H2,1-9H3. The Morgan fingerprint density at radius 1 is 0.962 bits per heavy atom. The molecule has 2 rings (SSSR count). The van der Waals surface area contributed by atoms with Gasteiger partial charge in [0.15, 0.2) is 0 Å². The molecule has 0 saturated carbocycles. The monoisotopic (exact) mass is 386 g/mol. The molecule has 0 unspecified atom stereocenters. The van der Waals surface area contributed by atoms with Gasteiger partial charge < -0.3 is 4.74 Å². The molecule has 1 aromatic carbocycles. The molecule has 26 heavy (non-hydrogen) atoms. The Hall–Kier alpha value is -1.07. The highest BCUT2D eigenvalue weighted by Crippen LogP contribution is 2.40. The number of hydrogen-bond donors (Lipinski definition) is 0. The third-order valence-corrected chi connectivity index (χ3v) is 18.3. The molecule has 0 aliphatic heterocycles. The summed E-state index contributed by atoms with van der Waals surface area (Å²) in [6, 6.07) is 7.37. The van der Waals surface area contributed by atoms with Crippen molar-refractivity contribution in [3.8, 4) is 5.75 Å². The van der Waals surface area contributed by atoms with E-state index in [2.05, 4.69) is 91.1 Å². The van der Waals surface area contributed by atoms with Gasteiger partial charge in [-0.15, -0.1) is 0 Å². The first-order chi connectivity index (χ1) is 12.0. The average molecular weight is 387 g/mol. The lowest BCUT2D eigenvalue weighted by atomic mass is 10.2. The third kappa shape index (κ3) is 3.40. The van der Waals surface area contributed by atoms with Gasteiger partial charge in [0.05, 0.1) is 15.2 Å². The normalized spacial score (nSPS) is 15.7. The molecule has 0 heterocycles. The van der Waals surface area contributed by atoms with Gasteiger partial charge in [0.1, 0.15) is 13.8 Å². The second-order valence-corrected chi connectivity index (χ2v) is 19.6. The van der Waals surface area contributed by atoms with Gasteiger partial charge in [-0.2, -0.15) is 0 Å². The Morgan fingerprint density at radius 2 is 1.46 bits per heavy atom. The van der Waals surface area contributed by atoms with Crippen LogP contribution in [0.15, 0.2) is 36.4 Å². The topological polar surface area (TPSA) is 9.23 Å². The Morgan fingerprint density at radius 3 is 1.88 bits per heavy atom. The van der Waals surface area contributed by atoms with Crippen molar-refractivity contribution in [2.45, 2.75) is 77.3 Å². The van der Waals surface area contributed by atoms with Gasteiger partial charge in [-0.25, -0.2) is 0 Å². The summed E-state index contributed by atoms with van der Waals surface area (Å²) in [5.41, 5.74) is 1.98. The van der Waals surface area contributed by atoms with E-state index in [1.165, 1.54) is 28.6 Å². The molecule has 1 nitrogen and oxygen atoms in total. The van der Waals surface area contributed by atoms with Crippen LogP contribution in [-0.2, 0) is 0 Å². The minimum atomic E-state index is -1.73. The van der Waals surface area contributed by atoms with E-state index in [0.717, 1.165) is 0 Å². The molecule has 0 amide bonds. The average Bonchev–Trinajstić information content (AvgIpc) is 3.10. The zero-order valence-electron chi connectivity index (χ0n) is 18.4. The smallest absolute Gasteiger partial charge is 0.117 e. The van der Waals surface area contributed by atoms with Crippen molar-refractivity contribution in [2.75, 3.05) is 7.11 Å². The van der Waals surface area contributed by atoms with Gasteiger partial charge >= 0.3 is 0 Å². The number of benzene rings is 1. The summed E-state index contributed by atoms with van der Waals surface area (Å²) in [6.07, 6.45) is 9.31. The van der Waals surface area contributed by atoms with Crippen molar-refractivity contribution >= 4 is 26.5 Å². The van der Waals surface area contributed by atoms with E-state index in [4.69, 9.17) is 4.74 Å². The maximum Gasteiger partial charge on any atom is 0.117 e. The van der Waals surface area contributed by atoms with Crippen LogP contribution in [0, 0.1) is 6.92 Å². The lowest BCUT2D eigenvalue weighted by molar-refractivity contribution is 0.420. The van der Waals surface area contributed by atoms with Crippen molar-refractivity contribution < 1.29 is 4.74 Å². The van der Waals surface area contributed by atoms with Gasteiger partial charge in [0.2, 0.25) is 0 Å². The van der Waals surface area contributed by atoms with Crippen LogP contribution in [0.4, 0.5) is 0 Å². The van der Waals surface area contributed by atoms with Gasteiger partial charge in [-0.3, -0.25) is 0 Å². The molecule has 0 aromatic heterocycles. The number of rotatable bonds is 6. The molecule has 1 aliphatic carbocycles. The van der Waals surface area contributed by atoms with E-state index in [0.29, 0.717) is 10.6 Å². The molecule has 3 heteroatoms. The van der Waals surface area contributed by atoms with Crippen LogP contribution in [-0.4, -0.2) is 23.3 Å². The zero-order chi connectivity index (χ0) is 19.8. The predicted molar refractivity (Wildman–Crippen MR) is 123 cm³/mol. The van der Waals surface area contributed by atoms with Crippen LogP contribution >= 0.6 is 0 Å². The Bertz CT molecular complexity index is 692. The van der Waals surface area contributed by atoms with Gasteiger partial charge in [-0.1, -0.05) is 102 Å². The molecular formula is C23H38OSi2. The molecule has 0 radical (unpaired) electrons. The number of ether oxygens (including phenoxy) is 1. The number of aryl methyl sites for hydroxylation is 1. The molecule has 0 fully saturated rings. The number of hydrogen-bond acceptors (Lipinski definition) is 1. The minimum Gasteiger partial charge on any atom is -0.497 e. The SMILES string of the molecule is CC[Si](CC)(c1cc(C)cc([Si](C)(C)C(C)(C)C)c1OC)C1C=CC=C1. The van der Waals surface area contributed by atoms with Crippen LogP contribution in [0.25, 0.3) is 0 Å². The van der Waals surface area contributed by atoms with Crippen molar-refractivity contribution in [3.05, 3.63) is 42.0 Å². The summed E-state index contributed by atoms with van der Waals surface area (Å²) in [6.45, 7) is 19.3. The summed E-state index contributed by atoms with van der Waals surface area (Å²) in [5, 5.41) is 3.35. The fraction of sp³-hybridized carbons (Fsp3) is 0.565. The second kappa shape index (κ2) is 7.51. The lowest BCUT2D eigenvalue weighted by Gasteiger charge is -2.41. The largest absolute Gasteiger partial charge is 0.497 e. The van der Waals surface area contributed by atoms with Crippen molar-refractivity contribution in [1.82, 2.24) is 0 Å². The van der Waals surface area contributed by atoms with Crippen LogP contribution in [0.2, 0.25) is 35.8 Å². The molecule has 0 atom stereocenters. The highest BCUT2D eigenvalue weighted by molar-refractivity contribution is 6.97. The maximum atomic E-state index is 6.20. The summed E-state index contributed by atoms with van der Waals surface area (Å²) in [7, 11) is -1.54. The van der Waals surface area contributed by atoms with E-state index < -0.39 is 16.1 Å². The lowest BCUT2D eigenvalue weighted by Crippen LogP contribution is -2.56. The molecule has 0 saturated heterocycles. The molecule has 0 N–H and O–H groups in total. The highest BCUT2D eigenvalue weighted by Gasteiger charge is 2.44. The van der Waals surface area contributed by atoms with Crippen LogP contribution in [0.5, 0.6) is 5.75 Å². The van der Waals surface area contributed by atoms with E-state index in [1.807, 2.05) is 7.11 Å². The van der Waals surface area contributed by atoms with Crippen LogP contribution in [0.3, 0.4) is 0 Å². The first kappa shape index (κ1) is 21.2. The van der Waals surface area contributed by atoms with E-state index in [1.54, 1.807) is 5.19 Å². The van der Waals surface area contributed by atoms with Gasteiger partial charge in [0.25, 0.3) is 0 Å². The Balaban J connectivity index is 2.81. The van der Waals surface area contributed by atoms with Gasteiger partial charge in [0, 0.05) is 0 Å². The minimum absolute atomic E-state index is 0.293. The highest BCUT2D eigenvalue weighted by atomic mass is 28.3. The Labute approximate surface area is 163 Å². The maximum absolute atomic E-state index is 6.20. The summed E-state index contributed by atoms with van der Waals surface area (Å²) in [4.78, 5) is 0. The number of allylic oxidation sites excluding steroid dienone is 4. The molecule has 1 aliphatic rings. The summed E-state index contributed by atoms with van der Waals surface area (Å²) < 4.78 is 6.20. The number of methoxy groups -OCH3 is 1. The van der Waals surface area contributed by atoms with E-state index in [9.17, 15) is 0 Å². The predicted octanol–water partition coefficient (Wildman–Crippen LogP) is 5.91. The first-order valence-electron chi connectivity index (χ1n) is 10.1. The van der Waals surface area contributed by atoms with Gasteiger partial charge in [-0.05, 0) is 27.9 Å². The molecule has 144 valence electrons. The van der Waals surface area contributed by atoms with E-state index >= 15 is 0 Å². The van der Waals surface area contributed by atoms with Crippen LogP contribution < -0.4 is 15.1 Å². The zero-order valence-corrected chi connectivity index (χ0v) is 20.4. The summed E-state index contributed by atoms with van der Waals surface area (Å²) in [5.74, 6) is 1.21. The summed E-state index contributed by atoms with van der Waals surface area (Å²) >= 11 is 0. The molecule has 0 spiro atoms. The molecule has 0 bridgehead atoms. The molecular weight excluding hydrogens is 348 g/mol. The van der Waals surface area contributed by atoms with Crippen LogP contribution in [0.1, 0.15) is 40.2 Å². The van der Waals surface area contributed by atoms with Crippen molar-refractivity contribution in [1.29, 1.82) is 0 Å². The fourth-order valence-corrected chi connectivity index (χ4v) is 11.4. The van der Waals surface area contributed by atoms with E-state index in [-0.39, 0.29) is 0 Å². The second-order valence-electron chi connectivity index (χ2n) is 9.43. The Kier molecular flexibility index (Phi) is 6.14. The van der Waals surface area contributed by atoms with Crippen molar-refractivity contribution in [2.24, 2.45) is 0 Å². The van der Waals surface area contributed by atoms with Crippen molar-refractivity contribution in [3.63, 3.8) is 0 Å². The molecule has 1 aromatic rings. The first-order valence-corrected chi connectivity index (χ1v) is 15.6.